The first-order valence-corrected chi connectivity index (χ1v) is 4.86. The minimum absolute atomic E-state index is 0.468. The molecule has 1 fully saturated rings. The molecule has 1 unspecified atom stereocenters. The Balaban J connectivity index is 1.98. The van der Waals surface area contributed by atoms with E-state index in [1.807, 2.05) is 0 Å². The van der Waals surface area contributed by atoms with Crippen molar-refractivity contribution in [3.05, 3.63) is 17.5 Å². The molecule has 0 aromatic carbocycles. The van der Waals surface area contributed by atoms with Crippen molar-refractivity contribution in [1.82, 2.24) is 5.16 Å². The SMILES string of the molecule is O=Cc1cnoc1CC1CCCOC1. The molecule has 4 nitrogen and oxygen atoms in total. The zero-order valence-electron chi connectivity index (χ0n) is 7.94. The Labute approximate surface area is 82.2 Å². The number of carbonyl (C=O) groups excluding carboxylic acids is 1. The summed E-state index contributed by atoms with van der Waals surface area (Å²) in [5.41, 5.74) is 0.565. The number of ether oxygens (including phenoxy) is 1. The molecule has 1 atom stereocenters. The van der Waals surface area contributed by atoms with Crippen LogP contribution in [0.25, 0.3) is 0 Å². The lowest BCUT2D eigenvalue weighted by atomic mass is 9.96. The normalized spacial score (nSPS) is 22.1. The van der Waals surface area contributed by atoms with Gasteiger partial charge in [-0.15, -0.1) is 0 Å². The van der Waals surface area contributed by atoms with Crippen LogP contribution in [-0.2, 0) is 11.2 Å². The van der Waals surface area contributed by atoms with Crippen molar-refractivity contribution >= 4 is 6.29 Å². The summed E-state index contributed by atoms with van der Waals surface area (Å²) in [6, 6.07) is 0. The molecule has 2 heterocycles. The lowest BCUT2D eigenvalue weighted by molar-refractivity contribution is 0.0524. The predicted octanol–water partition coefficient (Wildman–Crippen LogP) is 1.46. The van der Waals surface area contributed by atoms with Gasteiger partial charge in [-0.05, 0) is 18.8 Å². The summed E-state index contributed by atoms with van der Waals surface area (Å²) < 4.78 is 10.4. The van der Waals surface area contributed by atoms with Crippen LogP contribution in [0, 0.1) is 5.92 Å². The Morgan fingerprint density at radius 2 is 2.57 bits per heavy atom. The molecule has 1 aromatic rings. The predicted molar refractivity (Wildman–Crippen MR) is 49.1 cm³/mol. The van der Waals surface area contributed by atoms with Crippen LogP contribution >= 0.6 is 0 Å². The number of aromatic nitrogens is 1. The van der Waals surface area contributed by atoms with Gasteiger partial charge in [0.05, 0.1) is 11.8 Å². The number of nitrogens with zero attached hydrogens (tertiary/aromatic N) is 1. The fourth-order valence-corrected chi connectivity index (χ4v) is 1.75. The highest BCUT2D eigenvalue weighted by Gasteiger charge is 2.18. The van der Waals surface area contributed by atoms with Gasteiger partial charge in [-0.25, -0.2) is 0 Å². The average molecular weight is 195 g/mol. The number of hydrogen-bond acceptors (Lipinski definition) is 4. The zero-order chi connectivity index (χ0) is 9.80. The Kier molecular flexibility index (Phi) is 2.93. The Hall–Kier alpha value is -1.16. The lowest BCUT2D eigenvalue weighted by Gasteiger charge is -2.20. The van der Waals surface area contributed by atoms with Gasteiger partial charge in [-0.2, -0.15) is 0 Å². The molecule has 0 N–H and O–H groups in total. The molecule has 4 heteroatoms. The number of hydrogen-bond donors (Lipinski definition) is 0. The van der Waals surface area contributed by atoms with Gasteiger partial charge < -0.3 is 9.26 Å². The summed E-state index contributed by atoms with van der Waals surface area (Å²) in [6.45, 7) is 1.62. The van der Waals surface area contributed by atoms with Crippen molar-refractivity contribution in [3.8, 4) is 0 Å². The van der Waals surface area contributed by atoms with Crippen LogP contribution in [0.1, 0.15) is 29.0 Å². The van der Waals surface area contributed by atoms with E-state index in [0.717, 1.165) is 38.8 Å². The number of carbonyl (C=O) groups is 1. The number of rotatable bonds is 3. The van der Waals surface area contributed by atoms with Gasteiger partial charge in [-0.3, -0.25) is 4.79 Å². The molecule has 1 aliphatic rings. The maximum atomic E-state index is 10.6. The van der Waals surface area contributed by atoms with Crippen molar-refractivity contribution < 1.29 is 14.1 Å². The highest BCUT2D eigenvalue weighted by atomic mass is 16.5. The van der Waals surface area contributed by atoms with E-state index in [1.54, 1.807) is 0 Å². The monoisotopic (exact) mass is 195 g/mol. The molecule has 0 aliphatic carbocycles. The topological polar surface area (TPSA) is 52.3 Å². The third-order valence-electron chi connectivity index (χ3n) is 2.53. The third-order valence-corrected chi connectivity index (χ3v) is 2.53. The van der Waals surface area contributed by atoms with Gasteiger partial charge >= 0.3 is 0 Å². The van der Waals surface area contributed by atoms with Gasteiger partial charge in [-0.1, -0.05) is 5.16 Å². The molecule has 1 saturated heterocycles. The molecular weight excluding hydrogens is 182 g/mol. The molecule has 0 bridgehead atoms. The summed E-state index contributed by atoms with van der Waals surface area (Å²) in [5, 5.41) is 3.61. The van der Waals surface area contributed by atoms with Crippen LogP contribution < -0.4 is 0 Å². The van der Waals surface area contributed by atoms with E-state index in [-0.39, 0.29) is 0 Å². The summed E-state index contributed by atoms with van der Waals surface area (Å²) in [6.07, 6.45) is 5.24. The smallest absolute Gasteiger partial charge is 0.155 e. The number of aldehydes is 1. The van der Waals surface area contributed by atoms with E-state index in [1.165, 1.54) is 6.20 Å². The molecule has 0 amide bonds. The second kappa shape index (κ2) is 4.37. The molecule has 0 saturated carbocycles. The van der Waals surface area contributed by atoms with Gasteiger partial charge in [0.2, 0.25) is 0 Å². The first-order chi connectivity index (χ1) is 6.90. The van der Waals surface area contributed by atoms with E-state index in [9.17, 15) is 4.79 Å². The fraction of sp³-hybridized carbons (Fsp3) is 0.600. The lowest BCUT2D eigenvalue weighted by Crippen LogP contribution is -2.19. The van der Waals surface area contributed by atoms with E-state index >= 15 is 0 Å². The van der Waals surface area contributed by atoms with Crippen molar-refractivity contribution in [2.24, 2.45) is 5.92 Å². The fourth-order valence-electron chi connectivity index (χ4n) is 1.75. The quantitative estimate of drug-likeness (QED) is 0.685. The van der Waals surface area contributed by atoms with Crippen LogP contribution in [0.3, 0.4) is 0 Å². The third kappa shape index (κ3) is 2.01. The maximum Gasteiger partial charge on any atom is 0.155 e. The molecule has 14 heavy (non-hydrogen) atoms. The standard InChI is InChI=1S/C10H13NO3/c12-6-9-5-11-14-10(9)4-8-2-1-3-13-7-8/h5-6,8H,1-4,7H2. The van der Waals surface area contributed by atoms with Gasteiger partial charge in [0, 0.05) is 19.6 Å². The minimum atomic E-state index is 0.468. The average Bonchev–Trinajstić information content (AvgIpc) is 2.67. The van der Waals surface area contributed by atoms with Crippen LogP contribution in [0.2, 0.25) is 0 Å². The maximum absolute atomic E-state index is 10.6. The molecular formula is C10H13NO3. The van der Waals surface area contributed by atoms with E-state index < -0.39 is 0 Å². The van der Waals surface area contributed by atoms with Crippen LogP contribution in [0.5, 0.6) is 0 Å². The highest BCUT2D eigenvalue weighted by Crippen LogP contribution is 2.20. The van der Waals surface area contributed by atoms with Crippen LogP contribution in [-0.4, -0.2) is 24.7 Å². The van der Waals surface area contributed by atoms with Crippen molar-refractivity contribution in [2.75, 3.05) is 13.2 Å². The van der Waals surface area contributed by atoms with Gasteiger partial charge in [0.25, 0.3) is 0 Å². The molecule has 2 rings (SSSR count). The van der Waals surface area contributed by atoms with Gasteiger partial charge in [0.15, 0.2) is 6.29 Å². The largest absolute Gasteiger partial charge is 0.381 e. The first kappa shape index (κ1) is 9.40. The zero-order valence-corrected chi connectivity index (χ0v) is 7.94. The molecule has 0 spiro atoms. The molecule has 0 radical (unpaired) electrons. The summed E-state index contributed by atoms with van der Waals surface area (Å²) in [4.78, 5) is 10.6. The highest BCUT2D eigenvalue weighted by molar-refractivity contribution is 5.75. The Bertz CT molecular complexity index is 302. The van der Waals surface area contributed by atoms with E-state index in [4.69, 9.17) is 9.26 Å². The summed E-state index contributed by atoms with van der Waals surface area (Å²) in [5.74, 6) is 1.16. The van der Waals surface area contributed by atoms with Crippen molar-refractivity contribution in [1.29, 1.82) is 0 Å². The van der Waals surface area contributed by atoms with Crippen molar-refractivity contribution in [3.63, 3.8) is 0 Å². The Morgan fingerprint density at radius 1 is 1.64 bits per heavy atom. The van der Waals surface area contributed by atoms with Gasteiger partial charge in [0.1, 0.15) is 5.76 Å². The van der Waals surface area contributed by atoms with E-state index in [0.29, 0.717) is 17.2 Å². The van der Waals surface area contributed by atoms with Crippen molar-refractivity contribution in [2.45, 2.75) is 19.3 Å². The minimum Gasteiger partial charge on any atom is -0.381 e. The summed E-state index contributed by atoms with van der Waals surface area (Å²) in [7, 11) is 0. The van der Waals surface area contributed by atoms with E-state index in [2.05, 4.69) is 5.16 Å². The second-order valence-corrected chi connectivity index (χ2v) is 3.61. The first-order valence-electron chi connectivity index (χ1n) is 4.86. The van der Waals surface area contributed by atoms with Crippen LogP contribution in [0.4, 0.5) is 0 Å². The van der Waals surface area contributed by atoms with Crippen LogP contribution in [0.15, 0.2) is 10.7 Å². The second-order valence-electron chi connectivity index (χ2n) is 3.61. The Morgan fingerprint density at radius 3 is 3.29 bits per heavy atom. The molecule has 76 valence electrons. The summed E-state index contributed by atoms with van der Waals surface area (Å²) >= 11 is 0. The molecule has 1 aromatic heterocycles. The molecule has 1 aliphatic heterocycles.